The summed E-state index contributed by atoms with van der Waals surface area (Å²) in [6.45, 7) is 5.53. The number of likely N-dealkylation sites (tertiary alicyclic amines) is 1. The van der Waals surface area contributed by atoms with E-state index in [2.05, 4.69) is 9.97 Å². The predicted octanol–water partition coefficient (Wildman–Crippen LogP) is 1.41. The Morgan fingerprint density at radius 2 is 1.91 bits per heavy atom. The van der Waals surface area contributed by atoms with Gasteiger partial charge < -0.3 is 14.2 Å². The van der Waals surface area contributed by atoms with Gasteiger partial charge in [0.2, 0.25) is 0 Å². The third-order valence-electron chi connectivity index (χ3n) is 3.20. The van der Waals surface area contributed by atoms with Gasteiger partial charge in [-0.2, -0.15) is 0 Å². The average molecular weight is 323 g/mol. The smallest absolute Gasteiger partial charge is 0.411 e. The molecule has 0 aliphatic carbocycles. The molecule has 2 atom stereocenters. The summed E-state index contributed by atoms with van der Waals surface area (Å²) in [5.41, 5.74) is -0.649. The molecule has 1 aliphatic rings. The average Bonchev–Trinajstić information content (AvgIpc) is 2.90. The summed E-state index contributed by atoms with van der Waals surface area (Å²) >= 11 is 0. The van der Waals surface area contributed by atoms with E-state index in [1.807, 2.05) is 0 Å². The molecule has 2 heterocycles. The van der Waals surface area contributed by atoms with Gasteiger partial charge in [0.1, 0.15) is 24.1 Å². The van der Waals surface area contributed by atoms with Crippen LogP contribution < -0.4 is 4.74 Å². The molecule has 1 aromatic rings. The number of carbonyl (C=O) groups is 2. The number of hydrogen-bond acceptors (Lipinski definition) is 7. The molecule has 126 valence electrons. The van der Waals surface area contributed by atoms with Crippen molar-refractivity contribution < 1.29 is 23.8 Å². The third kappa shape index (κ3) is 4.54. The molecule has 0 spiro atoms. The fourth-order valence-corrected chi connectivity index (χ4v) is 2.30. The number of carbonyl (C=O) groups excluding carboxylic acids is 2. The summed E-state index contributed by atoms with van der Waals surface area (Å²) in [5, 5.41) is 0. The second-order valence-electron chi connectivity index (χ2n) is 6.22. The van der Waals surface area contributed by atoms with Crippen molar-refractivity contribution in [3.05, 3.63) is 18.7 Å². The zero-order chi connectivity index (χ0) is 17.0. The minimum atomic E-state index is -0.732. The van der Waals surface area contributed by atoms with Crippen LogP contribution in [0.4, 0.5) is 4.79 Å². The van der Waals surface area contributed by atoms with Gasteiger partial charge in [-0.25, -0.2) is 19.6 Å². The van der Waals surface area contributed by atoms with Crippen molar-refractivity contribution in [1.29, 1.82) is 0 Å². The predicted molar refractivity (Wildman–Crippen MR) is 79.8 cm³/mol. The van der Waals surface area contributed by atoms with E-state index in [0.29, 0.717) is 12.2 Å². The van der Waals surface area contributed by atoms with E-state index in [9.17, 15) is 9.59 Å². The Morgan fingerprint density at radius 3 is 2.48 bits per heavy atom. The van der Waals surface area contributed by atoms with Crippen molar-refractivity contribution in [3.63, 3.8) is 0 Å². The normalized spacial score (nSPS) is 21.0. The second-order valence-corrected chi connectivity index (χ2v) is 6.22. The van der Waals surface area contributed by atoms with Crippen LogP contribution in [-0.2, 0) is 14.3 Å². The molecule has 1 aliphatic heterocycles. The lowest BCUT2D eigenvalue weighted by Crippen LogP contribution is -2.44. The van der Waals surface area contributed by atoms with Gasteiger partial charge in [-0.05, 0) is 20.8 Å². The number of esters is 1. The van der Waals surface area contributed by atoms with Crippen molar-refractivity contribution in [1.82, 2.24) is 14.9 Å². The number of hydrogen-bond donors (Lipinski definition) is 0. The number of nitrogens with zero attached hydrogens (tertiary/aromatic N) is 3. The minimum absolute atomic E-state index is 0.226. The lowest BCUT2D eigenvalue weighted by Gasteiger charge is -2.27. The lowest BCUT2D eigenvalue weighted by atomic mass is 10.2. The molecule has 0 N–H and O–H groups in total. The Kier molecular flexibility index (Phi) is 5.02. The van der Waals surface area contributed by atoms with E-state index < -0.39 is 23.7 Å². The number of methoxy groups -OCH3 is 1. The van der Waals surface area contributed by atoms with Crippen LogP contribution in [0.15, 0.2) is 18.7 Å². The first-order valence-corrected chi connectivity index (χ1v) is 7.29. The van der Waals surface area contributed by atoms with Crippen molar-refractivity contribution >= 4 is 12.1 Å². The van der Waals surface area contributed by atoms with Crippen molar-refractivity contribution in [2.24, 2.45) is 0 Å². The Balaban J connectivity index is 2.09. The fourth-order valence-electron chi connectivity index (χ4n) is 2.30. The van der Waals surface area contributed by atoms with E-state index in [0.717, 1.165) is 0 Å². The van der Waals surface area contributed by atoms with Gasteiger partial charge >= 0.3 is 12.1 Å². The standard InChI is InChI=1S/C15H21N3O5/c1-15(2,3)23-14(20)18-8-10(5-12(18)13(19)21-4)22-11-6-16-9-17-7-11/h6-7,9-10,12H,5,8H2,1-4H3/t10-,12+/m1/s1. The largest absolute Gasteiger partial charge is 0.485 e. The van der Waals surface area contributed by atoms with Crippen LogP contribution in [0.1, 0.15) is 27.2 Å². The van der Waals surface area contributed by atoms with Crippen molar-refractivity contribution in [2.75, 3.05) is 13.7 Å². The lowest BCUT2D eigenvalue weighted by molar-refractivity contribution is -0.145. The zero-order valence-electron chi connectivity index (χ0n) is 13.7. The number of aromatic nitrogens is 2. The van der Waals surface area contributed by atoms with Crippen molar-refractivity contribution in [3.8, 4) is 5.75 Å². The highest BCUT2D eigenvalue weighted by Gasteiger charge is 2.43. The molecular weight excluding hydrogens is 302 g/mol. The van der Waals surface area contributed by atoms with E-state index in [4.69, 9.17) is 14.2 Å². The van der Waals surface area contributed by atoms with E-state index in [-0.39, 0.29) is 12.6 Å². The molecule has 1 fully saturated rings. The highest BCUT2D eigenvalue weighted by Crippen LogP contribution is 2.25. The van der Waals surface area contributed by atoms with Gasteiger partial charge in [0.15, 0.2) is 5.75 Å². The SMILES string of the molecule is COC(=O)[C@@H]1C[C@@H](Oc2cncnc2)CN1C(=O)OC(C)(C)C. The van der Waals surface area contributed by atoms with Crippen molar-refractivity contribution in [2.45, 2.75) is 44.9 Å². The molecule has 0 bridgehead atoms. The van der Waals surface area contributed by atoms with Crippen LogP contribution in [0.25, 0.3) is 0 Å². The first-order valence-electron chi connectivity index (χ1n) is 7.29. The van der Waals surface area contributed by atoms with Crippen LogP contribution in [-0.4, -0.2) is 58.3 Å². The molecule has 8 heteroatoms. The first-order chi connectivity index (χ1) is 10.8. The van der Waals surface area contributed by atoms with E-state index in [1.54, 1.807) is 20.8 Å². The Hall–Kier alpha value is -2.38. The molecule has 0 aromatic carbocycles. The number of ether oxygens (including phenoxy) is 3. The van der Waals surface area contributed by atoms with Crippen LogP contribution >= 0.6 is 0 Å². The van der Waals surface area contributed by atoms with Crippen LogP contribution in [0.5, 0.6) is 5.75 Å². The summed E-state index contributed by atoms with van der Waals surface area (Å²) in [6.07, 6.45) is 3.83. The van der Waals surface area contributed by atoms with E-state index >= 15 is 0 Å². The Morgan fingerprint density at radius 1 is 1.26 bits per heavy atom. The zero-order valence-corrected chi connectivity index (χ0v) is 13.7. The van der Waals surface area contributed by atoms with Gasteiger partial charge in [0, 0.05) is 6.42 Å². The summed E-state index contributed by atoms with van der Waals surface area (Å²) < 4.78 is 15.8. The maximum atomic E-state index is 12.3. The monoisotopic (exact) mass is 323 g/mol. The maximum Gasteiger partial charge on any atom is 0.411 e. The van der Waals surface area contributed by atoms with Gasteiger partial charge in [0.05, 0.1) is 26.0 Å². The molecule has 2 rings (SSSR count). The molecule has 1 aromatic heterocycles. The van der Waals surface area contributed by atoms with Gasteiger partial charge in [0.25, 0.3) is 0 Å². The first kappa shape index (κ1) is 17.0. The fraction of sp³-hybridized carbons (Fsp3) is 0.600. The molecule has 0 radical (unpaired) electrons. The second kappa shape index (κ2) is 6.80. The number of rotatable bonds is 3. The summed E-state index contributed by atoms with van der Waals surface area (Å²) in [6, 6.07) is -0.732. The topological polar surface area (TPSA) is 90.9 Å². The Bertz CT molecular complexity index is 558. The highest BCUT2D eigenvalue weighted by atomic mass is 16.6. The van der Waals surface area contributed by atoms with Crippen LogP contribution in [0, 0.1) is 0 Å². The molecule has 1 saturated heterocycles. The molecule has 23 heavy (non-hydrogen) atoms. The van der Waals surface area contributed by atoms with Gasteiger partial charge in [-0.15, -0.1) is 0 Å². The Labute approximate surface area is 134 Å². The number of amides is 1. The summed E-state index contributed by atoms with van der Waals surface area (Å²) in [4.78, 5) is 33.3. The molecule has 8 nitrogen and oxygen atoms in total. The third-order valence-corrected chi connectivity index (χ3v) is 3.20. The quantitative estimate of drug-likeness (QED) is 0.777. The highest BCUT2D eigenvalue weighted by molar-refractivity contribution is 5.82. The molecule has 0 unspecified atom stereocenters. The summed E-state index contributed by atoms with van der Waals surface area (Å²) in [5.74, 6) is -0.0153. The minimum Gasteiger partial charge on any atom is -0.485 e. The van der Waals surface area contributed by atoms with Gasteiger partial charge in [-0.3, -0.25) is 4.90 Å². The molecular formula is C15H21N3O5. The maximum absolute atomic E-state index is 12.3. The van der Waals surface area contributed by atoms with E-state index in [1.165, 1.54) is 30.7 Å². The van der Waals surface area contributed by atoms with Gasteiger partial charge in [-0.1, -0.05) is 0 Å². The molecule has 1 amide bonds. The van der Waals surface area contributed by atoms with Crippen LogP contribution in [0.3, 0.4) is 0 Å². The summed E-state index contributed by atoms with van der Waals surface area (Å²) in [7, 11) is 1.29. The molecule has 0 saturated carbocycles. The van der Waals surface area contributed by atoms with Crippen LogP contribution in [0.2, 0.25) is 0 Å².